The number of hydrazone groups is 1. The molecule has 0 aliphatic carbocycles. The molecule has 0 saturated heterocycles. The lowest BCUT2D eigenvalue weighted by Crippen LogP contribution is -2.18. The predicted octanol–water partition coefficient (Wildman–Crippen LogP) is 5.07. The normalized spacial score (nSPS) is 10.9. The molecule has 1 aromatic heterocycles. The van der Waals surface area contributed by atoms with Crippen molar-refractivity contribution in [3.05, 3.63) is 90.0 Å². The van der Waals surface area contributed by atoms with Crippen molar-refractivity contribution in [2.75, 3.05) is 13.7 Å². The molecule has 4 aromatic rings. The standard InChI is InChI=1S/C26H23N3O3/c1-3-32-25-15-18(13-14-24(25)31-2)17-27-29-26(30)21-16-23(19-9-5-4-6-10-19)28-22-12-8-7-11-20(21)22/h4-17H,3H2,1-2H3,(H,29,30)/b27-17+. The van der Waals surface area contributed by atoms with Gasteiger partial charge in [0.05, 0.1) is 36.7 Å². The Balaban J connectivity index is 1.61. The Morgan fingerprint density at radius 3 is 2.56 bits per heavy atom. The first-order chi connectivity index (χ1) is 15.7. The number of ether oxygens (including phenoxy) is 2. The minimum atomic E-state index is -0.310. The number of carbonyl (C=O) groups is 1. The number of pyridine rings is 1. The van der Waals surface area contributed by atoms with Crippen molar-refractivity contribution in [2.45, 2.75) is 6.92 Å². The van der Waals surface area contributed by atoms with Gasteiger partial charge in [-0.3, -0.25) is 4.79 Å². The average Bonchev–Trinajstić information content (AvgIpc) is 2.84. The fraction of sp³-hybridized carbons (Fsp3) is 0.115. The summed E-state index contributed by atoms with van der Waals surface area (Å²) in [4.78, 5) is 17.7. The number of amides is 1. The molecule has 160 valence electrons. The highest BCUT2D eigenvalue weighted by atomic mass is 16.5. The largest absolute Gasteiger partial charge is 0.493 e. The maximum absolute atomic E-state index is 13.0. The first-order valence-corrected chi connectivity index (χ1v) is 10.3. The van der Waals surface area contributed by atoms with Gasteiger partial charge in [0.25, 0.3) is 5.91 Å². The van der Waals surface area contributed by atoms with Crippen LogP contribution in [0.5, 0.6) is 11.5 Å². The van der Waals surface area contributed by atoms with Crippen molar-refractivity contribution in [1.29, 1.82) is 0 Å². The van der Waals surface area contributed by atoms with Gasteiger partial charge in [0, 0.05) is 10.9 Å². The van der Waals surface area contributed by atoms with E-state index in [0.717, 1.165) is 27.7 Å². The minimum Gasteiger partial charge on any atom is -0.493 e. The first kappa shape index (κ1) is 21.1. The number of nitrogens with zero attached hydrogens (tertiary/aromatic N) is 2. The molecule has 6 nitrogen and oxygen atoms in total. The zero-order valence-electron chi connectivity index (χ0n) is 17.9. The molecule has 0 unspecified atom stereocenters. The van der Waals surface area contributed by atoms with Gasteiger partial charge in [0.1, 0.15) is 0 Å². The zero-order chi connectivity index (χ0) is 22.3. The lowest BCUT2D eigenvalue weighted by atomic mass is 10.0. The van der Waals surface area contributed by atoms with Crippen molar-refractivity contribution in [1.82, 2.24) is 10.4 Å². The van der Waals surface area contributed by atoms with Crippen molar-refractivity contribution in [3.8, 4) is 22.8 Å². The van der Waals surface area contributed by atoms with Crippen molar-refractivity contribution in [3.63, 3.8) is 0 Å². The lowest BCUT2D eigenvalue weighted by molar-refractivity contribution is 0.0956. The molecule has 0 aliphatic heterocycles. The van der Waals surface area contributed by atoms with Gasteiger partial charge in [-0.15, -0.1) is 0 Å². The third kappa shape index (κ3) is 4.59. The van der Waals surface area contributed by atoms with E-state index in [2.05, 4.69) is 10.5 Å². The van der Waals surface area contributed by atoms with Crippen LogP contribution in [0.3, 0.4) is 0 Å². The summed E-state index contributed by atoms with van der Waals surface area (Å²) in [5, 5.41) is 4.91. The summed E-state index contributed by atoms with van der Waals surface area (Å²) in [6.07, 6.45) is 1.57. The van der Waals surface area contributed by atoms with Crippen LogP contribution in [0.15, 0.2) is 84.0 Å². The van der Waals surface area contributed by atoms with Crippen molar-refractivity contribution >= 4 is 23.0 Å². The van der Waals surface area contributed by atoms with E-state index >= 15 is 0 Å². The second-order valence-corrected chi connectivity index (χ2v) is 6.98. The highest BCUT2D eigenvalue weighted by molar-refractivity contribution is 6.07. The molecule has 0 bridgehead atoms. The van der Waals surface area contributed by atoms with Gasteiger partial charge >= 0.3 is 0 Å². The summed E-state index contributed by atoms with van der Waals surface area (Å²) < 4.78 is 10.9. The van der Waals surface area contributed by atoms with Crippen LogP contribution < -0.4 is 14.9 Å². The summed E-state index contributed by atoms with van der Waals surface area (Å²) in [5.41, 5.74) is 6.34. The van der Waals surface area contributed by atoms with Gasteiger partial charge < -0.3 is 9.47 Å². The molecule has 0 fully saturated rings. The quantitative estimate of drug-likeness (QED) is 0.331. The number of methoxy groups -OCH3 is 1. The Hall–Kier alpha value is -4.19. The van der Waals surface area contributed by atoms with E-state index in [4.69, 9.17) is 14.5 Å². The van der Waals surface area contributed by atoms with Crippen LogP contribution in [-0.4, -0.2) is 30.8 Å². The number of rotatable bonds is 7. The van der Waals surface area contributed by atoms with Gasteiger partial charge in [0.2, 0.25) is 0 Å². The van der Waals surface area contributed by atoms with Crippen LogP contribution in [0.2, 0.25) is 0 Å². The van der Waals surface area contributed by atoms with E-state index in [1.54, 1.807) is 25.5 Å². The zero-order valence-corrected chi connectivity index (χ0v) is 17.9. The molecule has 32 heavy (non-hydrogen) atoms. The molecule has 4 rings (SSSR count). The minimum absolute atomic E-state index is 0.310. The number of aromatic nitrogens is 1. The number of benzene rings is 3. The molecular formula is C26H23N3O3. The molecule has 1 heterocycles. The van der Waals surface area contributed by atoms with Gasteiger partial charge in [-0.2, -0.15) is 5.10 Å². The number of hydrogen-bond donors (Lipinski definition) is 1. The average molecular weight is 425 g/mol. The number of para-hydroxylation sites is 1. The van der Waals surface area contributed by atoms with E-state index in [1.807, 2.05) is 73.7 Å². The van der Waals surface area contributed by atoms with Crippen LogP contribution in [0.1, 0.15) is 22.8 Å². The van der Waals surface area contributed by atoms with Crippen molar-refractivity contribution in [2.24, 2.45) is 5.10 Å². The second kappa shape index (κ2) is 9.75. The molecule has 0 saturated carbocycles. The summed E-state index contributed by atoms with van der Waals surface area (Å²) in [6, 6.07) is 24.6. The van der Waals surface area contributed by atoms with Gasteiger partial charge in [0.15, 0.2) is 11.5 Å². The number of nitrogens with one attached hydrogen (secondary N) is 1. The smallest absolute Gasteiger partial charge is 0.272 e. The monoisotopic (exact) mass is 425 g/mol. The Morgan fingerprint density at radius 1 is 1.00 bits per heavy atom. The molecule has 1 N–H and O–H groups in total. The van der Waals surface area contributed by atoms with Crippen LogP contribution in [-0.2, 0) is 0 Å². The lowest BCUT2D eigenvalue weighted by Gasteiger charge is -2.10. The summed E-state index contributed by atoms with van der Waals surface area (Å²) >= 11 is 0. The maximum atomic E-state index is 13.0. The van der Waals surface area contributed by atoms with Crippen LogP contribution >= 0.6 is 0 Å². The third-order valence-electron chi connectivity index (χ3n) is 4.90. The van der Waals surface area contributed by atoms with E-state index in [0.29, 0.717) is 23.7 Å². The van der Waals surface area contributed by atoms with Gasteiger partial charge in [-0.25, -0.2) is 10.4 Å². The van der Waals surface area contributed by atoms with Crippen LogP contribution in [0.25, 0.3) is 22.2 Å². The maximum Gasteiger partial charge on any atom is 0.272 e. The van der Waals surface area contributed by atoms with Gasteiger partial charge in [-0.1, -0.05) is 48.5 Å². The van der Waals surface area contributed by atoms with Crippen molar-refractivity contribution < 1.29 is 14.3 Å². The van der Waals surface area contributed by atoms with Gasteiger partial charge in [-0.05, 0) is 42.8 Å². The predicted molar refractivity (Wildman–Crippen MR) is 126 cm³/mol. The summed E-state index contributed by atoms with van der Waals surface area (Å²) in [7, 11) is 1.59. The summed E-state index contributed by atoms with van der Waals surface area (Å²) in [5.74, 6) is 0.957. The third-order valence-corrected chi connectivity index (χ3v) is 4.90. The Morgan fingerprint density at radius 2 is 1.78 bits per heavy atom. The molecular weight excluding hydrogens is 402 g/mol. The molecule has 0 spiro atoms. The van der Waals surface area contributed by atoms with Crippen LogP contribution in [0.4, 0.5) is 0 Å². The van der Waals surface area contributed by atoms with E-state index < -0.39 is 0 Å². The molecule has 0 aliphatic rings. The fourth-order valence-corrected chi connectivity index (χ4v) is 3.39. The molecule has 0 radical (unpaired) electrons. The number of carbonyl (C=O) groups excluding carboxylic acids is 1. The Bertz CT molecular complexity index is 1270. The molecule has 6 heteroatoms. The van der Waals surface area contributed by atoms with E-state index in [-0.39, 0.29) is 5.91 Å². The Kier molecular flexibility index (Phi) is 6.41. The molecule has 0 atom stereocenters. The highest BCUT2D eigenvalue weighted by Crippen LogP contribution is 2.27. The number of fused-ring (bicyclic) bond motifs is 1. The summed E-state index contributed by atoms with van der Waals surface area (Å²) in [6.45, 7) is 2.43. The molecule has 3 aromatic carbocycles. The topological polar surface area (TPSA) is 72.8 Å². The van der Waals surface area contributed by atoms with E-state index in [9.17, 15) is 4.79 Å². The fourth-order valence-electron chi connectivity index (χ4n) is 3.39. The van der Waals surface area contributed by atoms with E-state index in [1.165, 1.54) is 0 Å². The highest BCUT2D eigenvalue weighted by Gasteiger charge is 2.13. The SMILES string of the molecule is CCOc1cc(/C=N/NC(=O)c2cc(-c3ccccc3)nc3ccccc23)ccc1OC. The first-order valence-electron chi connectivity index (χ1n) is 10.3. The number of hydrogen-bond acceptors (Lipinski definition) is 5. The second-order valence-electron chi connectivity index (χ2n) is 6.98. The van der Waals surface area contributed by atoms with Crippen LogP contribution in [0, 0.1) is 0 Å². The molecule has 1 amide bonds. The Labute approximate surface area is 186 Å².